The van der Waals surface area contributed by atoms with Crippen molar-refractivity contribution in [2.24, 2.45) is 0 Å². The Kier molecular flexibility index (Phi) is 13.5. The van der Waals surface area contributed by atoms with E-state index in [1.54, 1.807) is 6.07 Å². The van der Waals surface area contributed by atoms with Crippen molar-refractivity contribution in [3.63, 3.8) is 0 Å². The highest BCUT2D eigenvalue weighted by Crippen LogP contribution is 2.29. The van der Waals surface area contributed by atoms with Crippen LogP contribution in [-0.2, 0) is 33.6 Å². The van der Waals surface area contributed by atoms with Crippen molar-refractivity contribution in [3.8, 4) is 11.5 Å². The van der Waals surface area contributed by atoms with Crippen LogP contribution in [0.2, 0.25) is 0 Å². The standard InChI is InChI=1S/C38H42O8/c1-43-37(42)19-11-26-45-34-18-10-16-29(30(34)21-23-36(40)41)15-7-2-3-8-25-44-35-22-20-31-33(39)24-27-46-38(31)32(35)17-9-14-28-12-5-4-6-13-28/h4-6,9-10,12-14,16,18,20,22,24,27H,2-3,7-8,11,15,17,19,21,23,25-26H2,1H3,(H,40,41). The van der Waals surface area contributed by atoms with Crippen LogP contribution >= 0.6 is 0 Å². The van der Waals surface area contributed by atoms with E-state index in [0.29, 0.717) is 54.9 Å². The number of fused-ring (bicyclic) bond motifs is 1. The molecule has 0 saturated heterocycles. The normalized spacial score (nSPS) is 11.2. The van der Waals surface area contributed by atoms with Crippen molar-refractivity contribution in [3.05, 3.63) is 112 Å². The van der Waals surface area contributed by atoms with E-state index in [-0.39, 0.29) is 24.2 Å². The lowest BCUT2D eigenvalue weighted by Crippen LogP contribution is -2.08. The number of aryl methyl sites for hydroxylation is 1. The van der Waals surface area contributed by atoms with Gasteiger partial charge in [0.15, 0.2) is 5.43 Å². The first-order valence-corrected chi connectivity index (χ1v) is 15.9. The van der Waals surface area contributed by atoms with E-state index in [0.717, 1.165) is 54.4 Å². The summed E-state index contributed by atoms with van der Waals surface area (Å²) < 4.78 is 22.6. The molecule has 0 aliphatic rings. The second-order valence-electron chi connectivity index (χ2n) is 11.0. The molecule has 0 spiro atoms. The first kappa shape index (κ1) is 34.0. The third kappa shape index (κ3) is 10.4. The molecule has 0 atom stereocenters. The number of carboxylic acid groups (broad SMARTS) is 1. The summed E-state index contributed by atoms with van der Waals surface area (Å²) in [7, 11) is 1.36. The molecule has 0 fully saturated rings. The molecule has 0 amide bonds. The number of hydrogen-bond acceptors (Lipinski definition) is 7. The fourth-order valence-corrected chi connectivity index (χ4v) is 5.35. The number of aliphatic carboxylic acids is 1. The van der Waals surface area contributed by atoms with Gasteiger partial charge in [0.05, 0.1) is 32.0 Å². The van der Waals surface area contributed by atoms with Crippen molar-refractivity contribution >= 4 is 29.0 Å². The molecule has 3 aromatic carbocycles. The van der Waals surface area contributed by atoms with Gasteiger partial charge in [-0.15, -0.1) is 0 Å². The van der Waals surface area contributed by atoms with Crippen molar-refractivity contribution in [2.75, 3.05) is 20.3 Å². The largest absolute Gasteiger partial charge is 0.493 e. The number of rotatable bonds is 19. The van der Waals surface area contributed by atoms with Gasteiger partial charge in [-0.1, -0.05) is 67.5 Å². The van der Waals surface area contributed by atoms with Crippen molar-refractivity contribution < 1.29 is 33.3 Å². The minimum Gasteiger partial charge on any atom is -0.493 e. The molecule has 8 nitrogen and oxygen atoms in total. The number of benzene rings is 3. The molecule has 1 aromatic heterocycles. The van der Waals surface area contributed by atoms with Crippen LogP contribution in [0.4, 0.5) is 0 Å². The maximum absolute atomic E-state index is 12.4. The fraction of sp³-hybridized carbons (Fsp3) is 0.342. The SMILES string of the molecule is COC(=O)CCCOc1cccc(CCCCCCOc2ccc3c(=O)ccoc3c2CC=Cc2ccccc2)c1CCC(=O)O. The van der Waals surface area contributed by atoms with E-state index in [9.17, 15) is 19.5 Å². The Morgan fingerprint density at radius 2 is 1.54 bits per heavy atom. The van der Waals surface area contributed by atoms with Crippen LogP contribution in [0.3, 0.4) is 0 Å². The number of carbonyl (C=O) groups excluding carboxylic acids is 1. The Bertz CT molecular complexity index is 1650. The van der Waals surface area contributed by atoms with Crippen molar-refractivity contribution in [1.82, 2.24) is 0 Å². The molecule has 4 rings (SSSR count). The summed E-state index contributed by atoms with van der Waals surface area (Å²) in [5.74, 6) is 0.259. The molecule has 1 heterocycles. The zero-order valence-electron chi connectivity index (χ0n) is 26.4. The highest BCUT2D eigenvalue weighted by molar-refractivity contribution is 5.82. The molecule has 0 aliphatic heterocycles. The van der Waals surface area contributed by atoms with Gasteiger partial charge in [-0.2, -0.15) is 0 Å². The number of allylic oxidation sites excluding steroid dienone is 1. The Morgan fingerprint density at radius 1 is 0.783 bits per heavy atom. The third-order valence-corrected chi connectivity index (χ3v) is 7.75. The smallest absolute Gasteiger partial charge is 0.305 e. The number of esters is 1. The van der Waals surface area contributed by atoms with Gasteiger partial charge in [-0.3, -0.25) is 14.4 Å². The highest BCUT2D eigenvalue weighted by atomic mass is 16.5. The van der Waals surface area contributed by atoms with Gasteiger partial charge in [-0.05, 0) is 73.4 Å². The predicted molar refractivity (Wildman–Crippen MR) is 178 cm³/mol. The Balaban J connectivity index is 1.30. The van der Waals surface area contributed by atoms with E-state index in [4.69, 9.17) is 13.9 Å². The average Bonchev–Trinajstić information content (AvgIpc) is 3.06. The summed E-state index contributed by atoms with van der Waals surface area (Å²) in [6.45, 7) is 0.893. The van der Waals surface area contributed by atoms with Gasteiger partial charge < -0.3 is 23.7 Å². The van der Waals surface area contributed by atoms with Crippen molar-refractivity contribution in [2.45, 2.75) is 64.2 Å². The molecule has 4 aromatic rings. The number of ether oxygens (including phenoxy) is 3. The van der Waals surface area contributed by atoms with E-state index < -0.39 is 5.97 Å². The molecule has 0 bridgehead atoms. The first-order chi connectivity index (χ1) is 22.5. The second kappa shape index (κ2) is 18.2. The quantitative estimate of drug-likeness (QED) is 0.0837. The summed E-state index contributed by atoms with van der Waals surface area (Å²) in [6, 6.07) is 20.9. The molecule has 0 radical (unpaired) electrons. The number of carbonyl (C=O) groups is 2. The molecular weight excluding hydrogens is 584 g/mol. The van der Waals surface area contributed by atoms with Gasteiger partial charge in [0, 0.05) is 24.5 Å². The Labute approximate surface area is 269 Å². The highest BCUT2D eigenvalue weighted by Gasteiger charge is 2.14. The monoisotopic (exact) mass is 626 g/mol. The van der Waals surface area contributed by atoms with E-state index in [2.05, 4.69) is 10.8 Å². The minimum atomic E-state index is -0.852. The zero-order valence-corrected chi connectivity index (χ0v) is 26.4. The fourth-order valence-electron chi connectivity index (χ4n) is 5.35. The molecule has 1 N–H and O–H groups in total. The van der Waals surface area contributed by atoms with Crippen molar-refractivity contribution in [1.29, 1.82) is 0 Å². The van der Waals surface area contributed by atoms with E-state index in [1.807, 2.05) is 60.7 Å². The lowest BCUT2D eigenvalue weighted by atomic mass is 9.97. The average molecular weight is 627 g/mol. The third-order valence-electron chi connectivity index (χ3n) is 7.75. The predicted octanol–water partition coefficient (Wildman–Crippen LogP) is 7.58. The summed E-state index contributed by atoms with van der Waals surface area (Å²) in [5.41, 5.74) is 4.43. The number of unbranched alkanes of at least 4 members (excludes halogenated alkanes) is 3. The van der Waals surface area contributed by atoms with Crippen LogP contribution in [-0.4, -0.2) is 37.4 Å². The zero-order chi connectivity index (χ0) is 32.6. The van der Waals surface area contributed by atoms with Crippen LogP contribution in [0.25, 0.3) is 17.0 Å². The number of carboxylic acids is 1. The first-order valence-electron chi connectivity index (χ1n) is 15.9. The van der Waals surface area contributed by atoms with Gasteiger partial charge in [-0.25, -0.2) is 0 Å². The lowest BCUT2D eigenvalue weighted by molar-refractivity contribution is -0.141. The van der Waals surface area contributed by atoms with Crippen LogP contribution in [0, 0.1) is 0 Å². The number of hydrogen-bond donors (Lipinski definition) is 1. The summed E-state index contributed by atoms with van der Waals surface area (Å²) in [6.07, 6.45) is 11.9. The molecular formula is C38H42O8. The van der Waals surface area contributed by atoms with Crippen LogP contribution < -0.4 is 14.9 Å². The minimum absolute atomic E-state index is 0.0229. The van der Waals surface area contributed by atoms with Gasteiger partial charge >= 0.3 is 11.9 Å². The van der Waals surface area contributed by atoms with Crippen LogP contribution in [0.1, 0.15) is 67.2 Å². The Hall–Kier alpha value is -4.85. The molecule has 0 saturated carbocycles. The van der Waals surface area contributed by atoms with Gasteiger partial charge in [0.1, 0.15) is 17.1 Å². The summed E-state index contributed by atoms with van der Waals surface area (Å²) in [5, 5.41) is 9.82. The topological polar surface area (TPSA) is 112 Å². The van der Waals surface area contributed by atoms with Crippen LogP contribution in [0.15, 0.2) is 88.3 Å². The Morgan fingerprint density at radius 3 is 2.33 bits per heavy atom. The molecule has 0 unspecified atom stereocenters. The summed E-state index contributed by atoms with van der Waals surface area (Å²) >= 11 is 0. The summed E-state index contributed by atoms with van der Waals surface area (Å²) in [4.78, 5) is 35.1. The van der Waals surface area contributed by atoms with Gasteiger partial charge in [0.2, 0.25) is 0 Å². The maximum Gasteiger partial charge on any atom is 0.305 e. The van der Waals surface area contributed by atoms with E-state index in [1.165, 1.54) is 19.4 Å². The molecule has 46 heavy (non-hydrogen) atoms. The lowest BCUT2D eigenvalue weighted by Gasteiger charge is -2.15. The number of methoxy groups -OCH3 is 1. The molecule has 0 aliphatic carbocycles. The second-order valence-corrected chi connectivity index (χ2v) is 11.0. The molecule has 242 valence electrons. The molecule has 8 heteroatoms. The maximum atomic E-state index is 12.4. The van der Waals surface area contributed by atoms with Crippen LogP contribution in [0.5, 0.6) is 11.5 Å². The van der Waals surface area contributed by atoms with E-state index >= 15 is 0 Å². The van der Waals surface area contributed by atoms with Gasteiger partial charge in [0.25, 0.3) is 0 Å².